The summed E-state index contributed by atoms with van der Waals surface area (Å²) in [5.74, 6) is -0.415. The molecule has 1 amide bonds. The third kappa shape index (κ3) is 5.90. The van der Waals surface area contributed by atoms with Crippen molar-refractivity contribution < 1.29 is 19.1 Å². The summed E-state index contributed by atoms with van der Waals surface area (Å²) in [4.78, 5) is 22.6. The highest BCUT2D eigenvalue weighted by molar-refractivity contribution is 5.92. The standard InChI is InChI=1S/C13H18N2O4.ClH/c1-9(7-14)13(17)15-10-4-3-5-11(6-10)19-8-12(16)18-2;/h3-6,9H,7-8,14H2,1-2H3,(H,15,17);1H. The highest BCUT2D eigenvalue weighted by atomic mass is 35.5. The first kappa shape index (κ1) is 18.2. The van der Waals surface area contributed by atoms with Crippen LogP contribution < -0.4 is 15.8 Å². The largest absolute Gasteiger partial charge is 0.482 e. The van der Waals surface area contributed by atoms with Crippen molar-refractivity contribution in [3.8, 4) is 5.75 Å². The number of benzene rings is 1. The molecule has 0 bridgehead atoms. The van der Waals surface area contributed by atoms with Crippen LogP contribution in [-0.2, 0) is 14.3 Å². The fourth-order valence-corrected chi connectivity index (χ4v) is 1.24. The summed E-state index contributed by atoms with van der Waals surface area (Å²) in [7, 11) is 1.29. The molecule has 1 aromatic carbocycles. The maximum absolute atomic E-state index is 11.7. The fraction of sp³-hybridized carbons (Fsp3) is 0.385. The lowest BCUT2D eigenvalue weighted by Gasteiger charge is -2.11. The molecule has 1 rings (SSSR count). The number of amides is 1. The number of nitrogens with one attached hydrogen (secondary N) is 1. The average Bonchev–Trinajstić information content (AvgIpc) is 2.44. The molecule has 0 aromatic heterocycles. The molecule has 112 valence electrons. The molecule has 0 saturated carbocycles. The minimum atomic E-state index is -0.466. The van der Waals surface area contributed by atoms with Crippen molar-refractivity contribution in [3.63, 3.8) is 0 Å². The van der Waals surface area contributed by atoms with E-state index >= 15 is 0 Å². The van der Waals surface area contributed by atoms with Gasteiger partial charge in [0.2, 0.25) is 5.91 Å². The number of halogens is 1. The molecular weight excluding hydrogens is 284 g/mol. The molecule has 1 atom stereocenters. The van der Waals surface area contributed by atoms with Gasteiger partial charge in [0.15, 0.2) is 6.61 Å². The van der Waals surface area contributed by atoms with Gasteiger partial charge in [-0.05, 0) is 12.1 Å². The topological polar surface area (TPSA) is 90.6 Å². The van der Waals surface area contributed by atoms with Gasteiger partial charge in [0, 0.05) is 24.2 Å². The van der Waals surface area contributed by atoms with E-state index in [1.54, 1.807) is 31.2 Å². The van der Waals surface area contributed by atoms with Gasteiger partial charge >= 0.3 is 5.97 Å². The average molecular weight is 303 g/mol. The second kappa shape index (κ2) is 9.17. The molecule has 0 fully saturated rings. The molecular formula is C13H19ClN2O4. The molecule has 0 spiro atoms. The maximum Gasteiger partial charge on any atom is 0.343 e. The monoisotopic (exact) mass is 302 g/mol. The Labute approximate surface area is 124 Å². The maximum atomic E-state index is 11.7. The van der Waals surface area contributed by atoms with Gasteiger partial charge < -0.3 is 20.5 Å². The molecule has 7 heteroatoms. The molecule has 0 aliphatic rings. The van der Waals surface area contributed by atoms with E-state index in [2.05, 4.69) is 10.1 Å². The van der Waals surface area contributed by atoms with E-state index in [4.69, 9.17) is 10.5 Å². The minimum absolute atomic E-state index is 0. The number of carbonyl (C=O) groups excluding carboxylic acids is 2. The summed E-state index contributed by atoms with van der Waals surface area (Å²) in [6.07, 6.45) is 0. The zero-order chi connectivity index (χ0) is 14.3. The first-order valence-electron chi connectivity index (χ1n) is 5.87. The Morgan fingerprint density at radius 1 is 1.40 bits per heavy atom. The quantitative estimate of drug-likeness (QED) is 0.770. The molecule has 0 saturated heterocycles. The van der Waals surface area contributed by atoms with Gasteiger partial charge in [0.25, 0.3) is 0 Å². The Hall–Kier alpha value is -1.79. The van der Waals surface area contributed by atoms with Crippen LogP contribution in [0.4, 0.5) is 5.69 Å². The number of rotatable bonds is 6. The predicted molar refractivity (Wildman–Crippen MR) is 78.0 cm³/mol. The van der Waals surface area contributed by atoms with Crippen LogP contribution in [0.25, 0.3) is 0 Å². The first-order valence-corrected chi connectivity index (χ1v) is 5.87. The van der Waals surface area contributed by atoms with Crippen molar-refractivity contribution in [1.29, 1.82) is 0 Å². The van der Waals surface area contributed by atoms with Crippen molar-refractivity contribution in [3.05, 3.63) is 24.3 Å². The van der Waals surface area contributed by atoms with Crippen molar-refractivity contribution >= 4 is 30.0 Å². The highest BCUT2D eigenvalue weighted by Gasteiger charge is 2.11. The second-order valence-corrected chi connectivity index (χ2v) is 4.02. The smallest absolute Gasteiger partial charge is 0.343 e. The van der Waals surface area contributed by atoms with Crippen LogP contribution in [0.2, 0.25) is 0 Å². The van der Waals surface area contributed by atoms with Crippen LogP contribution in [-0.4, -0.2) is 32.1 Å². The van der Waals surface area contributed by atoms with Crippen LogP contribution in [0, 0.1) is 5.92 Å². The second-order valence-electron chi connectivity index (χ2n) is 4.02. The summed E-state index contributed by atoms with van der Waals surface area (Å²) in [6.45, 7) is 1.85. The fourth-order valence-electron chi connectivity index (χ4n) is 1.24. The Morgan fingerprint density at radius 3 is 2.70 bits per heavy atom. The molecule has 0 heterocycles. The van der Waals surface area contributed by atoms with Gasteiger partial charge in [-0.3, -0.25) is 4.79 Å². The molecule has 6 nitrogen and oxygen atoms in total. The number of nitrogens with two attached hydrogens (primary N) is 1. The molecule has 0 aliphatic carbocycles. The molecule has 20 heavy (non-hydrogen) atoms. The van der Waals surface area contributed by atoms with E-state index in [1.807, 2.05) is 0 Å². The number of ether oxygens (including phenoxy) is 2. The number of anilines is 1. The van der Waals surface area contributed by atoms with E-state index in [-0.39, 0.29) is 37.4 Å². The SMILES string of the molecule is COC(=O)COc1cccc(NC(=O)C(C)CN)c1.Cl. The third-order valence-corrected chi connectivity index (χ3v) is 2.49. The Kier molecular flexibility index (Phi) is 8.35. The number of hydrogen-bond donors (Lipinski definition) is 2. The summed E-state index contributed by atoms with van der Waals surface area (Å²) in [5.41, 5.74) is 6.01. The van der Waals surface area contributed by atoms with Gasteiger partial charge in [0.1, 0.15) is 5.75 Å². The van der Waals surface area contributed by atoms with Crippen molar-refractivity contribution in [2.75, 3.05) is 25.6 Å². The lowest BCUT2D eigenvalue weighted by molar-refractivity contribution is -0.142. The predicted octanol–water partition coefficient (Wildman–Crippen LogP) is 1.19. The van der Waals surface area contributed by atoms with E-state index in [9.17, 15) is 9.59 Å². The Morgan fingerprint density at radius 2 is 2.10 bits per heavy atom. The van der Waals surface area contributed by atoms with Crippen molar-refractivity contribution in [1.82, 2.24) is 0 Å². The van der Waals surface area contributed by atoms with Crippen LogP contribution in [0.5, 0.6) is 5.75 Å². The Balaban J connectivity index is 0.00000361. The van der Waals surface area contributed by atoms with Gasteiger partial charge in [-0.2, -0.15) is 0 Å². The van der Waals surface area contributed by atoms with E-state index in [0.717, 1.165) is 0 Å². The number of esters is 1. The molecule has 0 aliphatic heterocycles. The zero-order valence-corrected chi connectivity index (χ0v) is 12.2. The van der Waals surface area contributed by atoms with Crippen LogP contribution in [0.3, 0.4) is 0 Å². The van der Waals surface area contributed by atoms with Gasteiger partial charge in [0.05, 0.1) is 7.11 Å². The summed E-state index contributed by atoms with van der Waals surface area (Å²) in [5, 5.41) is 2.72. The molecule has 0 radical (unpaired) electrons. The summed E-state index contributed by atoms with van der Waals surface area (Å²) < 4.78 is 9.68. The van der Waals surface area contributed by atoms with E-state index in [0.29, 0.717) is 11.4 Å². The number of methoxy groups -OCH3 is 1. The van der Waals surface area contributed by atoms with Gasteiger partial charge in [-0.25, -0.2) is 4.79 Å². The van der Waals surface area contributed by atoms with E-state index < -0.39 is 5.97 Å². The van der Waals surface area contributed by atoms with Crippen LogP contribution >= 0.6 is 12.4 Å². The number of hydrogen-bond acceptors (Lipinski definition) is 5. The molecule has 1 aromatic rings. The van der Waals surface area contributed by atoms with Crippen molar-refractivity contribution in [2.24, 2.45) is 11.7 Å². The first-order chi connectivity index (χ1) is 9.06. The number of carbonyl (C=O) groups is 2. The van der Waals surface area contributed by atoms with Crippen molar-refractivity contribution in [2.45, 2.75) is 6.92 Å². The van der Waals surface area contributed by atoms with Gasteiger partial charge in [-0.15, -0.1) is 12.4 Å². The highest BCUT2D eigenvalue weighted by Crippen LogP contribution is 2.17. The molecule has 1 unspecified atom stereocenters. The lowest BCUT2D eigenvalue weighted by Crippen LogP contribution is -2.26. The Bertz CT molecular complexity index is 454. The lowest BCUT2D eigenvalue weighted by atomic mass is 10.1. The molecule has 3 N–H and O–H groups in total. The van der Waals surface area contributed by atoms with E-state index in [1.165, 1.54) is 7.11 Å². The zero-order valence-electron chi connectivity index (χ0n) is 11.4. The summed E-state index contributed by atoms with van der Waals surface area (Å²) in [6, 6.07) is 6.76. The third-order valence-electron chi connectivity index (χ3n) is 2.49. The minimum Gasteiger partial charge on any atom is -0.482 e. The normalized spacial score (nSPS) is 10.9. The summed E-state index contributed by atoms with van der Waals surface area (Å²) >= 11 is 0. The van der Waals surface area contributed by atoms with Gasteiger partial charge in [-0.1, -0.05) is 13.0 Å². The van der Waals surface area contributed by atoms with Crippen LogP contribution in [0.15, 0.2) is 24.3 Å². The van der Waals surface area contributed by atoms with Crippen LogP contribution in [0.1, 0.15) is 6.92 Å².